The van der Waals surface area contributed by atoms with Gasteiger partial charge in [0, 0.05) is 18.9 Å². The topological polar surface area (TPSA) is 57.4 Å². The first-order chi connectivity index (χ1) is 9.31. The number of amidine groups is 1. The summed E-state index contributed by atoms with van der Waals surface area (Å²) in [6.45, 7) is 1.60. The maximum Gasteiger partial charge on any atom is 0.161 e. The minimum atomic E-state index is 0.349. The lowest BCUT2D eigenvalue weighted by atomic mass is 10.1. The van der Waals surface area contributed by atoms with Gasteiger partial charge in [0.25, 0.3) is 0 Å². The molecule has 19 heavy (non-hydrogen) atoms. The van der Waals surface area contributed by atoms with Gasteiger partial charge < -0.3 is 10.1 Å². The van der Waals surface area contributed by atoms with Gasteiger partial charge in [0.05, 0.1) is 17.7 Å². The summed E-state index contributed by atoms with van der Waals surface area (Å²) in [4.78, 5) is 4.72. The maximum absolute atomic E-state index is 8.76. The lowest BCUT2D eigenvalue weighted by molar-refractivity contribution is 0.0872. The van der Waals surface area contributed by atoms with Crippen molar-refractivity contribution in [1.29, 1.82) is 5.26 Å². The van der Waals surface area contributed by atoms with Crippen LogP contribution >= 0.6 is 11.8 Å². The van der Waals surface area contributed by atoms with Gasteiger partial charge in [0.1, 0.15) is 0 Å². The molecule has 0 atom stereocenters. The molecular weight excluding hydrogens is 258 g/mol. The molecular formula is C14H17N3OS. The van der Waals surface area contributed by atoms with E-state index in [1.165, 1.54) is 0 Å². The van der Waals surface area contributed by atoms with Crippen molar-refractivity contribution in [3.8, 4) is 6.07 Å². The SMILES string of the molecule is CSC(=NC1CCOCC1)Nc1ccc(C#N)cc1. The first-order valence-corrected chi connectivity index (χ1v) is 7.51. The van der Waals surface area contributed by atoms with Crippen LogP contribution in [0.15, 0.2) is 29.3 Å². The number of hydrogen-bond donors (Lipinski definition) is 1. The van der Waals surface area contributed by atoms with Gasteiger partial charge in [-0.1, -0.05) is 11.8 Å². The summed E-state index contributed by atoms with van der Waals surface area (Å²) in [6, 6.07) is 9.85. The van der Waals surface area contributed by atoms with E-state index in [9.17, 15) is 0 Å². The fraction of sp³-hybridized carbons (Fsp3) is 0.429. The number of nitriles is 1. The van der Waals surface area contributed by atoms with Crippen LogP contribution in [0.25, 0.3) is 0 Å². The number of rotatable bonds is 2. The summed E-state index contributed by atoms with van der Waals surface area (Å²) in [6.07, 6.45) is 3.98. The third kappa shape index (κ3) is 4.27. The highest BCUT2D eigenvalue weighted by Gasteiger charge is 2.13. The van der Waals surface area contributed by atoms with Crippen molar-refractivity contribution in [3.63, 3.8) is 0 Å². The lowest BCUT2D eigenvalue weighted by Crippen LogP contribution is -2.21. The Morgan fingerprint density at radius 1 is 1.37 bits per heavy atom. The van der Waals surface area contributed by atoms with E-state index in [1.54, 1.807) is 23.9 Å². The zero-order chi connectivity index (χ0) is 13.5. The fourth-order valence-electron chi connectivity index (χ4n) is 1.87. The van der Waals surface area contributed by atoms with Crippen LogP contribution in [0, 0.1) is 11.3 Å². The van der Waals surface area contributed by atoms with Crippen molar-refractivity contribution < 1.29 is 4.74 Å². The predicted octanol–water partition coefficient (Wildman–Crippen LogP) is 2.87. The Morgan fingerprint density at radius 3 is 2.63 bits per heavy atom. The monoisotopic (exact) mass is 275 g/mol. The lowest BCUT2D eigenvalue weighted by Gasteiger charge is -2.19. The van der Waals surface area contributed by atoms with Crippen LogP contribution in [-0.4, -0.2) is 30.7 Å². The zero-order valence-electron chi connectivity index (χ0n) is 10.9. The molecule has 100 valence electrons. The molecule has 0 bridgehead atoms. The molecule has 0 amide bonds. The molecule has 0 radical (unpaired) electrons. The number of benzene rings is 1. The Kier molecular flexibility index (Phi) is 5.25. The zero-order valence-corrected chi connectivity index (χ0v) is 11.7. The first kappa shape index (κ1) is 13.9. The number of nitrogens with zero attached hydrogens (tertiary/aromatic N) is 2. The average molecular weight is 275 g/mol. The van der Waals surface area contributed by atoms with Crippen LogP contribution < -0.4 is 5.32 Å². The van der Waals surface area contributed by atoms with Gasteiger partial charge in [-0.3, -0.25) is 4.99 Å². The van der Waals surface area contributed by atoms with Crippen molar-refractivity contribution in [1.82, 2.24) is 0 Å². The molecule has 1 aromatic carbocycles. The van der Waals surface area contributed by atoms with E-state index >= 15 is 0 Å². The molecule has 0 saturated carbocycles. The number of anilines is 1. The van der Waals surface area contributed by atoms with Gasteiger partial charge in [-0.15, -0.1) is 0 Å². The van der Waals surface area contributed by atoms with Crippen molar-refractivity contribution in [2.24, 2.45) is 4.99 Å². The molecule has 2 rings (SSSR count). The van der Waals surface area contributed by atoms with Crippen LogP contribution in [0.2, 0.25) is 0 Å². The molecule has 1 fully saturated rings. The van der Waals surface area contributed by atoms with E-state index in [2.05, 4.69) is 11.4 Å². The van der Waals surface area contributed by atoms with Crippen LogP contribution in [0.5, 0.6) is 0 Å². The molecule has 4 nitrogen and oxygen atoms in total. The quantitative estimate of drug-likeness (QED) is 0.666. The van der Waals surface area contributed by atoms with Crippen molar-refractivity contribution in [2.45, 2.75) is 18.9 Å². The number of ether oxygens (including phenoxy) is 1. The predicted molar refractivity (Wildman–Crippen MR) is 79.6 cm³/mol. The van der Waals surface area contributed by atoms with E-state index in [1.807, 2.05) is 18.4 Å². The maximum atomic E-state index is 8.76. The molecule has 1 saturated heterocycles. The van der Waals surface area contributed by atoms with Gasteiger partial charge in [0.2, 0.25) is 0 Å². The van der Waals surface area contributed by atoms with Gasteiger partial charge >= 0.3 is 0 Å². The van der Waals surface area contributed by atoms with Gasteiger partial charge in [-0.05, 0) is 43.4 Å². The molecule has 1 heterocycles. The Labute approximate surface area is 117 Å². The van der Waals surface area contributed by atoms with E-state index in [0.29, 0.717) is 11.6 Å². The standard InChI is InChI=1S/C14H17N3OS/c1-19-14(17-13-6-8-18-9-7-13)16-12-4-2-11(10-15)3-5-12/h2-5,13H,6-9H2,1H3,(H,16,17). The highest BCUT2D eigenvalue weighted by Crippen LogP contribution is 2.16. The summed E-state index contributed by atoms with van der Waals surface area (Å²) in [5.74, 6) is 0. The van der Waals surface area contributed by atoms with Gasteiger partial charge in [-0.2, -0.15) is 5.26 Å². The smallest absolute Gasteiger partial charge is 0.161 e. The molecule has 1 aliphatic heterocycles. The third-order valence-electron chi connectivity index (χ3n) is 2.95. The largest absolute Gasteiger partial charge is 0.381 e. The molecule has 5 heteroatoms. The Bertz CT molecular complexity index is 472. The normalized spacial score (nSPS) is 16.9. The van der Waals surface area contributed by atoms with Gasteiger partial charge in [-0.25, -0.2) is 0 Å². The summed E-state index contributed by atoms with van der Waals surface area (Å²) >= 11 is 1.60. The van der Waals surface area contributed by atoms with Crippen LogP contribution in [-0.2, 0) is 4.74 Å². The van der Waals surface area contributed by atoms with Crippen LogP contribution in [0.4, 0.5) is 5.69 Å². The van der Waals surface area contributed by atoms with E-state index in [4.69, 9.17) is 15.0 Å². The molecule has 1 N–H and O–H groups in total. The molecule has 0 aliphatic carbocycles. The van der Waals surface area contributed by atoms with E-state index in [-0.39, 0.29) is 0 Å². The second kappa shape index (κ2) is 7.17. The Balaban J connectivity index is 2.01. The second-order valence-corrected chi connectivity index (χ2v) is 5.09. The molecule has 1 aromatic rings. The molecule has 1 aliphatic rings. The molecule has 0 spiro atoms. The molecule has 0 unspecified atom stereocenters. The fourth-order valence-corrected chi connectivity index (χ4v) is 2.34. The highest BCUT2D eigenvalue weighted by atomic mass is 32.2. The number of nitrogens with one attached hydrogen (secondary N) is 1. The number of aliphatic imine (C=N–C) groups is 1. The summed E-state index contributed by atoms with van der Waals surface area (Å²) < 4.78 is 5.33. The average Bonchev–Trinajstić information content (AvgIpc) is 2.48. The minimum Gasteiger partial charge on any atom is -0.381 e. The Morgan fingerprint density at radius 2 is 2.05 bits per heavy atom. The first-order valence-electron chi connectivity index (χ1n) is 6.28. The minimum absolute atomic E-state index is 0.349. The molecule has 0 aromatic heterocycles. The van der Waals surface area contributed by atoms with E-state index in [0.717, 1.165) is 36.9 Å². The second-order valence-electron chi connectivity index (χ2n) is 4.30. The Hall–Kier alpha value is -1.51. The summed E-state index contributed by atoms with van der Waals surface area (Å²) in [5, 5.41) is 13.0. The highest BCUT2D eigenvalue weighted by molar-refractivity contribution is 8.13. The van der Waals surface area contributed by atoms with E-state index < -0.39 is 0 Å². The third-order valence-corrected chi connectivity index (χ3v) is 3.54. The summed E-state index contributed by atoms with van der Waals surface area (Å²) in [5.41, 5.74) is 1.62. The van der Waals surface area contributed by atoms with Gasteiger partial charge in [0.15, 0.2) is 5.17 Å². The van der Waals surface area contributed by atoms with Crippen LogP contribution in [0.3, 0.4) is 0 Å². The van der Waals surface area contributed by atoms with Crippen LogP contribution in [0.1, 0.15) is 18.4 Å². The van der Waals surface area contributed by atoms with Crippen molar-refractivity contribution in [2.75, 3.05) is 24.8 Å². The van der Waals surface area contributed by atoms with Crippen molar-refractivity contribution in [3.05, 3.63) is 29.8 Å². The number of hydrogen-bond acceptors (Lipinski definition) is 4. The van der Waals surface area contributed by atoms with Crippen molar-refractivity contribution >= 4 is 22.6 Å². The summed E-state index contributed by atoms with van der Waals surface area (Å²) in [7, 11) is 0. The number of thioether (sulfide) groups is 1.